The van der Waals surface area contributed by atoms with Gasteiger partial charge in [0.1, 0.15) is 6.61 Å². The van der Waals surface area contributed by atoms with Gasteiger partial charge in [0.25, 0.3) is 0 Å². The molecule has 0 bridgehead atoms. The molecule has 1 aromatic carbocycles. The van der Waals surface area contributed by atoms with E-state index < -0.39 is 0 Å². The van der Waals surface area contributed by atoms with Gasteiger partial charge in [-0.05, 0) is 25.0 Å². The molecule has 0 amide bonds. The third kappa shape index (κ3) is 3.09. The summed E-state index contributed by atoms with van der Waals surface area (Å²) in [6.45, 7) is 0.506. The van der Waals surface area contributed by atoms with Gasteiger partial charge >= 0.3 is 0 Å². The maximum absolute atomic E-state index is 5.65. The van der Waals surface area contributed by atoms with E-state index in [0.717, 1.165) is 18.4 Å². The summed E-state index contributed by atoms with van der Waals surface area (Å²) in [5.74, 6) is 6.06. The Kier molecular flexibility index (Phi) is 3.39. The van der Waals surface area contributed by atoms with Crippen molar-refractivity contribution in [3.8, 4) is 11.8 Å². The van der Waals surface area contributed by atoms with Crippen LogP contribution in [-0.4, -0.2) is 18.8 Å². The molecule has 0 spiro atoms. The molecule has 2 heteroatoms. The minimum Gasteiger partial charge on any atom is -0.365 e. The van der Waals surface area contributed by atoms with Crippen molar-refractivity contribution in [2.75, 3.05) is 6.61 Å². The van der Waals surface area contributed by atoms with Crippen LogP contribution >= 0.6 is 0 Å². The van der Waals surface area contributed by atoms with Crippen LogP contribution in [0.2, 0.25) is 0 Å². The van der Waals surface area contributed by atoms with Gasteiger partial charge < -0.3 is 10.5 Å². The first-order valence-electron chi connectivity index (χ1n) is 5.25. The zero-order valence-corrected chi connectivity index (χ0v) is 8.65. The topological polar surface area (TPSA) is 35.2 Å². The molecule has 1 saturated carbocycles. The monoisotopic (exact) mass is 201 g/mol. The molecule has 0 aromatic heterocycles. The van der Waals surface area contributed by atoms with E-state index in [1.807, 2.05) is 30.3 Å². The van der Waals surface area contributed by atoms with Crippen molar-refractivity contribution >= 4 is 0 Å². The van der Waals surface area contributed by atoms with Gasteiger partial charge in [-0.1, -0.05) is 30.0 Å². The SMILES string of the molecule is NC1CC(OCC#Cc2ccccc2)C1. The average molecular weight is 201 g/mol. The smallest absolute Gasteiger partial charge is 0.108 e. The normalized spacial score (nSPS) is 23.8. The lowest BCUT2D eigenvalue weighted by atomic mass is 9.90. The Hall–Kier alpha value is -1.30. The zero-order valence-electron chi connectivity index (χ0n) is 8.65. The molecular weight excluding hydrogens is 186 g/mol. The van der Waals surface area contributed by atoms with Gasteiger partial charge in [0.15, 0.2) is 0 Å². The maximum atomic E-state index is 5.65. The Morgan fingerprint density at radius 3 is 2.67 bits per heavy atom. The predicted octanol–water partition coefficient (Wildman–Crippen LogP) is 1.54. The van der Waals surface area contributed by atoms with Crippen LogP contribution in [-0.2, 0) is 4.74 Å². The molecule has 0 aliphatic heterocycles. The molecule has 78 valence electrons. The molecule has 2 rings (SSSR count). The number of nitrogens with two attached hydrogens (primary N) is 1. The molecule has 0 heterocycles. The summed E-state index contributed by atoms with van der Waals surface area (Å²) in [7, 11) is 0. The lowest BCUT2D eigenvalue weighted by molar-refractivity contribution is 0.00969. The Balaban J connectivity index is 1.72. The lowest BCUT2D eigenvalue weighted by Crippen LogP contribution is -2.41. The summed E-state index contributed by atoms with van der Waals surface area (Å²) < 4.78 is 5.52. The third-order valence-corrected chi connectivity index (χ3v) is 2.53. The van der Waals surface area contributed by atoms with Crippen molar-refractivity contribution < 1.29 is 4.74 Å². The highest BCUT2D eigenvalue weighted by Crippen LogP contribution is 2.20. The Labute approximate surface area is 90.4 Å². The van der Waals surface area contributed by atoms with Crippen molar-refractivity contribution in [1.29, 1.82) is 0 Å². The first-order chi connectivity index (χ1) is 7.34. The number of ether oxygens (including phenoxy) is 1. The molecule has 0 atom stereocenters. The van der Waals surface area contributed by atoms with Crippen LogP contribution in [0.25, 0.3) is 0 Å². The summed E-state index contributed by atoms with van der Waals surface area (Å²) in [4.78, 5) is 0. The number of hydrogen-bond donors (Lipinski definition) is 1. The second-order valence-electron chi connectivity index (χ2n) is 3.83. The molecule has 2 N–H and O–H groups in total. The van der Waals surface area contributed by atoms with Crippen molar-refractivity contribution in [3.63, 3.8) is 0 Å². The molecule has 1 aliphatic rings. The van der Waals surface area contributed by atoms with Gasteiger partial charge in [-0.2, -0.15) is 0 Å². The van der Waals surface area contributed by atoms with Gasteiger partial charge in [0.05, 0.1) is 6.10 Å². The van der Waals surface area contributed by atoms with E-state index in [1.54, 1.807) is 0 Å². The van der Waals surface area contributed by atoms with Gasteiger partial charge in [-0.3, -0.25) is 0 Å². The molecule has 1 fully saturated rings. The molecule has 1 aliphatic carbocycles. The van der Waals surface area contributed by atoms with Gasteiger partial charge in [0.2, 0.25) is 0 Å². The van der Waals surface area contributed by atoms with Crippen LogP contribution in [0, 0.1) is 11.8 Å². The number of benzene rings is 1. The summed E-state index contributed by atoms with van der Waals surface area (Å²) in [6.07, 6.45) is 2.30. The van der Waals surface area contributed by atoms with Crippen LogP contribution in [0.4, 0.5) is 0 Å². The van der Waals surface area contributed by atoms with E-state index in [4.69, 9.17) is 10.5 Å². The third-order valence-electron chi connectivity index (χ3n) is 2.53. The highest BCUT2D eigenvalue weighted by atomic mass is 16.5. The van der Waals surface area contributed by atoms with E-state index >= 15 is 0 Å². The van der Waals surface area contributed by atoms with Crippen LogP contribution in [0.15, 0.2) is 30.3 Å². The zero-order chi connectivity index (χ0) is 10.5. The van der Waals surface area contributed by atoms with Crippen LogP contribution in [0.3, 0.4) is 0 Å². The summed E-state index contributed by atoms with van der Waals surface area (Å²) in [5, 5.41) is 0. The molecule has 2 nitrogen and oxygen atoms in total. The Morgan fingerprint density at radius 2 is 2.00 bits per heavy atom. The fourth-order valence-electron chi connectivity index (χ4n) is 1.56. The highest BCUT2D eigenvalue weighted by Gasteiger charge is 2.25. The molecule has 0 saturated heterocycles. The summed E-state index contributed by atoms with van der Waals surface area (Å²) in [6, 6.07) is 10.3. The van der Waals surface area contributed by atoms with Crippen LogP contribution in [0.5, 0.6) is 0 Å². The first kappa shape index (κ1) is 10.2. The summed E-state index contributed by atoms with van der Waals surface area (Å²) >= 11 is 0. The van der Waals surface area contributed by atoms with Gasteiger partial charge in [0, 0.05) is 11.6 Å². The molecule has 1 aromatic rings. The fraction of sp³-hybridized carbons (Fsp3) is 0.385. The van der Waals surface area contributed by atoms with E-state index in [9.17, 15) is 0 Å². The highest BCUT2D eigenvalue weighted by molar-refractivity contribution is 5.33. The van der Waals surface area contributed by atoms with Gasteiger partial charge in [-0.25, -0.2) is 0 Å². The molecule has 0 radical (unpaired) electrons. The fourth-order valence-corrected chi connectivity index (χ4v) is 1.56. The Bertz CT molecular complexity index is 357. The first-order valence-corrected chi connectivity index (χ1v) is 5.25. The van der Waals surface area contributed by atoms with Crippen molar-refractivity contribution in [2.45, 2.75) is 25.0 Å². The van der Waals surface area contributed by atoms with E-state index in [1.165, 1.54) is 0 Å². The van der Waals surface area contributed by atoms with E-state index in [-0.39, 0.29) is 0 Å². The maximum Gasteiger partial charge on any atom is 0.108 e. The standard InChI is InChI=1S/C13H15NO/c14-12-9-13(10-12)15-8-4-7-11-5-2-1-3-6-11/h1-3,5-6,12-13H,8-10,14H2. The number of hydrogen-bond acceptors (Lipinski definition) is 2. The van der Waals surface area contributed by atoms with Crippen LogP contribution in [0.1, 0.15) is 18.4 Å². The minimum absolute atomic E-state index is 0.338. The van der Waals surface area contributed by atoms with E-state index in [2.05, 4.69) is 11.8 Å². The molecular formula is C13H15NO. The summed E-state index contributed by atoms with van der Waals surface area (Å²) in [5.41, 5.74) is 6.68. The largest absolute Gasteiger partial charge is 0.365 e. The quantitative estimate of drug-likeness (QED) is 0.737. The second-order valence-corrected chi connectivity index (χ2v) is 3.83. The lowest BCUT2D eigenvalue weighted by Gasteiger charge is -2.31. The second kappa shape index (κ2) is 4.97. The van der Waals surface area contributed by atoms with Crippen molar-refractivity contribution in [2.24, 2.45) is 5.73 Å². The predicted molar refractivity (Wildman–Crippen MR) is 60.3 cm³/mol. The number of rotatable bonds is 2. The van der Waals surface area contributed by atoms with Crippen LogP contribution < -0.4 is 5.73 Å². The van der Waals surface area contributed by atoms with Gasteiger partial charge in [-0.15, -0.1) is 0 Å². The minimum atomic E-state index is 0.338. The van der Waals surface area contributed by atoms with Crippen molar-refractivity contribution in [3.05, 3.63) is 35.9 Å². The average Bonchev–Trinajstić information content (AvgIpc) is 2.23. The molecule has 15 heavy (non-hydrogen) atoms. The Morgan fingerprint density at radius 1 is 1.27 bits per heavy atom. The molecule has 0 unspecified atom stereocenters. The van der Waals surface area contributed by atoms with Crippen molar-refractivity contribution in [1.82, 2.24) is 0 Å². The van der Waals surface area contributed by atoms with E-state index in [0.29, 0.717) is 18.8 Å².